The zero-order valence-corrected chi connectivity index (χ0v) is 11.6. The SMILES string of the molecule is BOc1cc(/C=C/c2cscc2C)cc(OC)c1. The number of ether oxygens (including phenoxy) is 1. The van der Waals surface area contributed by atoms with Crippen LogP contribution in [0.1, 0.15) is 16.7 Å². The van der Waals surface area contributed by atoms with Crippen molar-refractivity contribution in [3.63, 3.8) is 0 Å². The highest BCUT2D eigenvalue weighted by atomic mass is 32.1. The Morgan fingerprint density at radius 3 is 2.50 bits per heavy atom. The summed E-state index contributed by atoms with van der Waals surface area (Å²) < 4.78 is 10.5. The molecular formula is C14H15BO2S. The molecule has 0 aliphatic heterocycles. The lowest BCUT2D eigenvalue weighted by Gasteiger charge is -2.06. The highest BCUT2D eigenvalue weighted by Gasteiger charge is 1.99. The molecule has 1 aromatic carbocycles. The number of hydrogen-bond acceptors (Lipinski definition) is 3. The highest BCUT2D eigenvalue weighted by Crippen LogP contribution is 2.24. The maximum Gasteiger partial charge on any atom is 0.322 e. The van der Waals surface area contributed by atoms with Crippen LogP contribution in [0.4, 0.5) is 0 Å². The molecule has 1 heterocycles. The number of methoxy groups -OCH3 is 1. The van der Waals surface area contributed by atoms with Gasteiger partial charge in [-0.15, -0.1) is 0 Å². The average molecular weight is 258 g/mol. The van der Waals surface area contributed by atoms with E-state index < -0.39 is 0 Å². The Hall–Kier alpha value is -1.68. The van der Waals surface area contributed by atoms with Gasteiger partial charge in [0.1, 0.15) is 11.5 Å². The van der Waals surface area contributed by atoms with Crippen LogP contribution in [0.3, 0.4) is 0 Å². The molecule has 0 saturated carbocycles. The summed E-state index contributed by atoms with van der Waals surface area (Å²) in [5, 5.41) is 4.29. The molecule has 0 fully saturated rings. The van der Waals surface area contributed by atoms with Gasteiger partial charge in [0.05, 0.1) is 7.11 Å². The summed E-state index contributed by atoms with van der Waals surface area (Å²) in [6.07, 6.45) is 4.18. The van der Waals surface area contributed by atoms with Gasteiger partial charge in [-0.2, -0.15) is 11.3 Å². The number of hydrogen-bond donors (Lipinski definition) is 0. The summed E-state index contributed by atoms with van der Waals surface area (Å²) in [6, 6.07) is 5.84. The topological polar surface area (TPSA) is 18.5 Å². The van der Waals surface area contributed by atoms with E-state index in [1.165, 1.54) is 11.1 Å². The normalized spacial score (nSPS) is 10.8. The summed E-state index contributed by atoms with van der Waals surface area (Å²) >= 11 is 1.72. The third kappa shape index (κ3) is 2.96. The molecule has 92 valence electrons. The van der Waals surface area contributed by atoms with Gasteiger partial charge < -0.3 is 9.39 Å². The maximum atomic E-state index is 5.25. The Morgan fingerprint density at radius 2 is 1.89 bits per heavy atom. The molecule has 0 aliphatic rings. The van der Waals surface area contributed by atoms with E-state index in [0.29, 0.717) is 0 Å². The smallest absolute Gasteiger partial charge is 0.322 e. The molecule has 18 heavy (non-hydrogen) atoms. The number of thiophene rings is 1. The molecular weight excluding hydrogens is 243 g/mol. The first-order valence-corrected chi connectivity index (χ1v) is 6.61. The van der Waals surface area contributed by atoms with Crippen molar-refractivity contribution in [1.29, 1.82) is 0 Å². The predicted octanol–water partition coefficient (Wildman–Crippen LogP) is 3.16. The minimum Gasteiger partial charge on any atom is -0.568 e. The summed E-state index contributed by atoms with van der Waals surface area (Å²) in [7, 11) is 3.32. The molecule has 0 N–H and O–H groups in total. The molecule has 2 nitrogen and oxygen atoms in total. The lowest BCUT2D eigenvalue weighted by molar-refractivity contribution is 0.412. The Morgan fingerprint density at radius 1 is 1.11 bits per heavy atom. The monoisotopic (exact) mass is 258 g/mol. The average Bonchev–Trinajstić information content (AvgIpc) is 2.81. The number of aryl methyl sites for hydroxylation is 1. The fourth-order valence-electron chi connectivity index (χ4n) is 1.65. The van der Waals surface area contributed by atoms with Crippen molar-refractivity contribution < 1.29 is 9.39 Å². The molecule has 0 unspecified atom stereocenters. The van der Waals surface area contributed by atoms with Crippen LogP contribution < -0.4 is 9.39 Å². The molecule has 4 heteroatoms. The third-order valence-electron chi connectivity index (χ3n) is 2.72. The molecule has 0 spiro atoms. The Balaban J connectivity index is 2.28. The summed E-state index contributed by atoms with van der Waals surface area (Å²) in [5.74, 6) is 1.60. The van der Waals surface area contributed by atoms with Crippen LogP contribution in [0.2, 0.25) is 0 Å². The standard InChI is InChI=1S/C14H15BO2S/c1-10-8-18-9-12(10)4-3-11-5-13(16-2)7-14(6-11)17-15/h3-9H,15H2,1-2H3/b4-3+. The van der Waals surface area contributed by atoms with Gasteiger partial charge in [-0.25, -0.2) is 0 Å². The van der Waals surface area contributed by atoms with Gasteiger partial charge in [0.15, 0.2) is 0 Å². The lowest BCUT2D eigenvalue weighted by Crippen LogP contribution is -1.89. The molecule has 0 saturated heterocycles. The summed E-state index contributed by atoms with van der Waals surface area (Å²) in [6.45, 7) is 2.11. The second-order valence-corrected chi connectivity index (χ2v) is 4.73. The van der Waals surface area contributed by atoms with E-state index in [4.69, 9.17) is 9.39 Å². The third-order valence-corrected chi connectivity index (χ3v) is 3.60. The Bertz CT molecular complexity index is 538. The van der Waals surface area contributed by atoms with E-state index in [1.54, 1.807) is 26.5 Å². The van der Waals surface area contributed by atoms with Crippen LogP contribution in [0, 0.1) is 6.92 Å². The van der Waals surface area contributed by atoms with E-state index in [1.807, 2.05) is 18.2 Å². The number of benzene rings is 1. The second kappa shape index (κ2) is 5.78. The summed E-state index contributed by atoms with van der Waals surface area (Å²) in [5.41, 5.74) is 3.62. The van der Waals surface area contributed by atoms with Crippen molar-refractivity contribution in [3.8, 4) is 11.5 Å². The fourth-order valence-corrected chi connectivity index (χ4v) is 2.47. The zero-order chi connectivity index (χ0) is 13.0. The second-order valence-electron chi connectivity index (χ2n) is 3.99. The highest BCUT2D eigenvalue weighted by molar-refractivity contribution is 7.08. The fraction of sp³-hybridized carbons (Fsp3) is 0.143. The minimum absolute atomic E-state index is 0.802. The van der Waals surface area contributed by atoms with Crippen molar-refractivity contribution in [2.75, 3.05) is 7.11 Å². The molecule has 2 aromatic rings. The van der Waals surface area contributed by atoms with Crippen LogP contribution in [0.25, 0.3) is 12.2 Å². The van der Waals surface area contributed by atoms with Gasteiger partial charge in [0.2, 0.25) is 0 Å². The lowest BCUT2D eigenvalue weighted by atomic mass is 10.1. The van der Waals surface area contributed by atoms with Crippen molar-refractivity contribution in [2.24, 2.45) is 0 Å². The molecule has 1 aromatic heterocycles. The van der Waals surface area contributed by atoms with E-state index >= 15 is 0 Å². The molecule has 2 rings (SSSR count). The molecule has 0 atom stereocenters. The Kier molecular flexibility index (Phi) is 4.10. The molecule has 0 amide bonds. The van der Waals surface area contributed by atoms with E-state index in [2.05, 4.69) is 29.8 Å². The Labute approximate surface area is 112 Å². The van der Waals surface area contributed by atoms with Gasteiger partial charge >= 0.3 is 8.05 Å². The van der Waals surface area contributed by atoms with E-state index in [9.17, 15) is 0 Å². The quantitative estimate of drug-likeness (QED) is 0.784. The van der Waals surface area contributed by atoms with E-state index in [0.717, 1.165) is 17.1 Å². The van der Waals surface area contributed by atoms with Gasteiger partial charge in [-0.3, -0.25) is 0 Å². The van der Waals surface area contributed by atoms with E-state index in [-0.39, 0.29) is 0 Å². The van der Waals surface area contributed by atoms with Crippen molar-refractivity contribution in [1.82, 2.24) is 0 Å². The maximum absolute atomic E-state index is 5.25. The van der Waals surface area contributed by atoms with Gasteiger partial charge in [0, 0.05) is 6.07 Å². The van der Waals surface area contributed by atoms with Crippen LogP contribution in [0.5, 0.6) is 11.5 Å². The van der Waals surface area contributed by atoms with Crippen molar-refractivity contribution in [3.05, 3.63) is 45.6 Å². The van der Waals surface area contributed by atoms with Crippen LogP contribution in [0.15, 0.2) is 29.0 Å². The van der Waals surface area contributed by atoms with Crippen LogP contribution in [-0.4, -0.2) is 15.2 Å². The van der Waals surface area contributed by atoms with Crippen molar-refractivity contribution >= 4 is 31.5 Å². The predicted molar refractivity (Wildman–Crippen MR) is 80.2 cm³/mol. The summed E-state index contributed by atoms with van der Waals surface area (Å²) in [4.78, 5) is 0. The first-order valence-electron chi connectivity index (χ1n) is 5.67. The van der Waals surface area contributed by atoms with Crippen LogP contribution in [-0.2, 0) is 0 Å². The van der Waals surface area contributed by atoms with Gasteiger partial charge in [-0.05, 0) is 46.5 Å². The molecule has 0 bridgehead atoms. The van der Waals surface area contributed by atoms with Gasteiger partial charge in [-0.1, -0.05) is 12.2 Å². The molecule has 0 radical (unpaired) electrons. The minimum atomic E-state index is 0.802. The number of rotatable bonds is 4. The van der Waals surface area contributed by atoms with Crippen LogP contribution >= 0.6 is 11.3 Å². The zero-order valence-electron chi connectivity index (χ0n) is 10.8. The first kappa shape index (κ1) is 12.8. The largest absolute Gasteiger partial charge is 0.568 e. The molecule has 0 aliphatic carbocycles. The van der Waals surface area contributed by atoms with Crippen molar-refractivity contribution in [2.45, 2.75) is 6.92 Å². The van der Waals surface area contributed by atoms with Gasteiger partial charge in [0.25, 0.3) is 0 Å². The first-order chi connectivity index (χ1) is 8.72.